The van der Waals surface area contributed by atoms with Crippen molar-refractivity contribution in [3.63, 3.8) is 0 Å². The van der Waals surface area contributed by atoms with Crippen LogP contribution in [-0.2, 0) is 6.54 Å². The Kier molecular flexibility index (Phi) is 3.34. The van der Waals surface area contributed by atoms with Gasteiger partial charge in [-0.3, -0.25) is 0 Å². The fraction of sp³-hybridized carbons (Fsp3) is 0.100. The predicted octanol–water partition coefficient (Wildman–Crippen LogP) is 1.87. The molecule has 8 heteroatoms. The molecule has 2 heterocycles. The predicted molar refractivity (Wildman–Crippen MR) is 64.6 cm³/mol. The van der Waals surface area contributed by atoms with Gasteiger partial charge in [0.2, 0.25) is 0 Å². The van der Waals surface area contributed by atoms with Crippen molar-refractivity contribution in [2.75, 3.05) is 0 Å². The summed E-state index contributed by atoms with van der Waals surface area (Å²) in [4.78, 5) is 13.9. The average molecular weight is 308 g/mol. The van der Waals surface area contributed by atoms with Crippen molar-refractivity contribution < 1.29 is 4.92 Å². The largest absolute Gasteiger partial charge is 0.404 e. The molecule has 18 heavy (non-hydrogen) atoms. The van der Waals surface area contributed by atoms with Crippen LogP contribution in [-0.4, -0.2) is 19.7 Å². The van der Waals surface area contributed by atoms with Gasteiger partial charge in [0.05, 0.1) is 17.8 Å². The van der Waals surface area contributed by atoms with Gasteiger partial charge in [-0.15, -0.1) is 0 Å². The van der Waals surface area contributed by atoms with Crippen LogP contribution in [0.3, 0.4) is 0 Å². The van der Waals surface area contributed by atoms with Crippen molar-refractivity contribution >= 4 is 21.7 Å². The minimum Gasteiger partial charge on any atom is -0.358 e. The van der Waals surface area contributed by atoms with Crippen LogP contribution in [0.2, 0.25) is 0 Å². The van der Waals surface area contributed by atoms with Gasteiger partial charge in [-0.25, -0.2) is 4.98 Å². The van der Waals surface area contributed by atoms with E-state index >= 15 is 0 Å². The molecule has 0 fully saturated rings. The Morgan fingerprint density at radius 2 is 2.39 bits per heavy atom. The standard InChI is InChI=1S/C10H6BrN5O2/c11-9-6-15(14-10(9)16(17)18)5-7-1-2-13-8(3-7)4-12/h1-3,6H,5H2. The third kappa shape index (κ3) is 2.52. The Morgan fingerprint density at radius 3 is 3.00 bits per heavy atom. The quantitative estimate of drug-likeness (QED) is 0.637. The van der Waals surface area contributed by atoms with Crippen LogP contribution in [0, 0.1) is 21.4 Å². The molecule has 2 aromatic heterocycles. The van der Waals surface area contributed by atoms with Gasteiger partial charge in [-0.05, 0) is 38.5 Å². The Morgan fingerprint density at radius 1 is 1.61 bits per heavy atom. The van der Waals surface area contributed by atoms with E-state index in [0.717, 1.165) is 5.56 Å². The molecular weight excluding hydrogens is 302 g/mol. The first-order valence-electron chi connectivity index (χ1n) is 4.82. The van der Waals surface area contributed by atoms with Crippen molar-refractivity contribution in [3.8, 4) is 6.07 Å². The lowest BCUT2D eigenvalue weighted by atomic mass is 10.2. The maximum Gasteiger partial charge on any atom is 0.404 e. The third-order valence-corrected chi connectivity index (χ3v) is 2.71. The lowest BCUT2D eigenvalue weighted by Crippen LogP contribution is -2.02. The van der Waals surface area contributed by atoms with E-state index in [1.54, 1.807) is 12.1 Å². The molecule has 7 nitrogen and oxygen atoms in total. The highest BCUT2D eigenvalue weighted by Gasteiger charge is 2.18. The molecule has 0 aliphatic carbocycles. The summed E-state index contributed by atoms with van der Waals surface area (Å²) in [6.45, 7) is 0.337. The lowest BCUT2D eigenvalue weighted by Gasteiger charge is -1.97. The van der Waals surface area contributed by atoms with Gasteiger partial charge in [0, 0.05) is 6.20 Å². The monoisotopic (exact) mass is 307 g/mol. The van der Waals surface area contributed by atoms with E-state index in [1.807, 2.05) is 6.07 Å². The Labute approximate surface area is 110 Å². The molecule has 2 aromatic rings. The summed E-state index contributed by atoms with van der Waals surface area (Å²) in [5.41, 5.74) is 1.10. The Balaban J connectivity index is 2.26. The first-order chi connectivity index (χ1) is 8.60. The molecule has 0 saturated carbocycles. The summed E-state index contributed by atoms with van der Waals surface area (Å²) in [6.07, 6.45) is 3.03. The van der Waals surface area contributed by atoms with Gasteiger partial charge in [-0.2, -0.15) is 9.94 Å². The van der Waals surface area contributed by atoms with Crippen LogP contribution in [0.1, 0.15) is 11.3 Å². The number of rotatable bonds is 3. The van der Waals surface area contributed by atoms with Crippen LogP contribution < -0.4 is 0 Å². The van der Waals surface area contributed by atoms with Gasteiger partial charge in [0.15, 0.2) is 0 Å². The topological polar surface area (TPSA) is 97.6 Å². The zero-order chi connectivity index (χ0) is 13.1. The highest BCUT2D eigenvalue weighted by atomic mass is 79.9. The second kappa shape index (κ2) is 4.93. The van der Waals surface area contributed by atoms with Gasteiger partial charge >= 0.3 is 5.82 Å². The van der Waals surface area contributed by atoms with Crippen molar-refractivity contribution in [2.45, 2.75) is 6.54 Å². The second-order valence-corrected chi connectivity index (χ2v) is 4.27. The van der Waals surface area contributed by atoms with Crippen LogP contribution >= 0.6 is 15.9 Å². The molecule has 0 amide bonds. The molecule has 0 aromatic carbocycles. The molecule has 0 atom stereocenters. The number of halogens is 1. The fourth-order valence-corrected chi connectivity index (χ4v) is 1.87. The number of nitriles is 1. The van der Waals surface area contributed by atoms with E-state index in [9.17, 15) is 10.1 Å². The van der Waals surface area contributed by atoms with Gasteiger partial charge in [0.1, 0.15) is 16.2 Å². The molecule has 0 N–H and O–H groups in total. The second-order valence-electron chi connectivity index (χ2n) is 3.42. The number of pyridine rings is 1. The van der Waals surface area contributed by atoms with Gasteiger partial charge in [-0.1, -0.05) is 0 Å². The summed E-state index contributed by atoms with van der Waals surface area (Å²) in [5, 5.41) is 23.2. The molecule has 0 spiro atoms. The SMILES string of the molecule is N#Cc1cc(Cn2cc(Br)c([N+](=O)[O-])n2)ccn1. The highest BCUT2D eigenvalue weighted by molar-refractivity contribution is 9.10. The van der Waals surface area contributed by atoms with E-state index in [-0.39, 0.29) is 5.82 Å². The van der Waals surface area contributed by atoms with Crippen molar-refractivity contribution in [1.82, 2.24) is 14.8 Å². The molecule has 0 bridgehead atoms. The smallest absolute Gasteiger partial charge is 0.358 e. The summed E-state index contributed by atoms with van der Waals surface area (Å²) >= 11 is 3.07. The zero-order valence-electron chi connectivity index (χ0n) is 8.95. The Bertz CT molecular complexity index is 646. The van der Waals surface area contributed by atoms with E-state index < -0.39 is 4.92 Å². The molecule has 0 radical (unpaired) electrons. The molecule has 2 rings (SSSR count). The summed E-state index contributed by atoms with van der Waals surface area (Å²) < 4.78 is 1.75. The maximum absolute atomic E-state index is 10.6. The lowest BCUT2D eigenvalue weighted by molar-refractivity contribution is -0.390. The highest BCUT2D eigenvalue weighted by Crippen LogP contribution is 2.22. The molecule has 0 aliphatic heterocycles. The van der Waals surface area contributed by atoms with E-state index in [1.165, 1.54) is 17.1 Å². The number of nitrogens with zero attached hydrogens (tertiary/aromatic N) is 5. The van der Waals surface area contributed by atoms with E-state index in [4.69, 9.17) is 5.26 Å². The van der Waals surface area contributed by atoms with E-state index in [0.29, 0.717) is 16.7 Å². The minimum absolute atomic E-state index is 0.232. The van der Waals surface area contributed by atoms with Crippen molar-refractivity contribution in [1.29, 1.82) is 5.26 Å². The molecule has 90 valence electrons. The number of aromatic nitrogens is 3. The molecule has 0 unspecified atom stereocenters. The molecule has 0 aliphatic rings. The zero-order valence-corrected chi connectivity index (χ0v) is 10.5. The van der Waals surface area contributed by atoms with Crippen LogP contribution in [0.15, 0.2) is 29.0 Å². The number of nitro groups is 1. The first kappa shape index (κ1) is 12.2. The van der Waals surface area contributed by atoms with Crippen LogP contribution in [0.5, 0.6) is 0 Å². The number of hydrogen-bond donors (Lipinski definition) is 0. The number of hydrogen-bond acceptors (Lipinski definition) is 5. The molecule has 0 saturated heterocycles. The normalized spacial score (nSPS) is 10.0. The Hall–Kier alpha value is -2.27. The summed E-state index contributed by atoms with van der Waals surface area (Å²) in [7, 11) is 0. The maximum atomic E-state index is 10.6. The van der Waals surface area contributed by atoms with Crippen LogP contribution in [0.25, 0.3) is 0 Å². The van der Waals surface area contributed by atoms with Crippen molar-refractivity contribution in [2.24, 2.45) is 0 Å². The average Bonchev–Trinajstić information content (AvgIpc) is 2.70. The van der Waals surface area contributed by atoms with Crippen molar-refractivity contribution in [3.05, 3.63) is 50.4 Å². The van der Waals surface area contributed by atoms with E-state index in [2.05, 4.69) is 26.0 Å². The molecular formula is C10H6BrN5O2. The third-order valence-electron chi connectivity index (χ3n) is 2.16. The summed E-state index contributed by atoms with van der Waals surface area (Å²) in [5.74, 6) is -0.232. The minimum atomic E-state index is -0.562. The van der Waals surface area contributed by atoms with Crippen LogP contribution in [0.4, 0.5) is 5.82 Å². The van der Waals surface area contributed by atoms with Gasteiger partial charge in [0.25, 0.3) is 0 Å². The fourth-order valence-electron chi connectivity index (χ4n) is 1.41. The summed E-state index contributed by atoms with van der Waals surface area (Å²) in [6, 6.07) is 5.27. The first-order valence-corrected chi connectivity index (χ1v) is 5.62. The van der Waals surface area contributed by atoms with Gasteiger partial charge < -0.3 is 10.1 Å².